The first-order chi connectivity index (χ1) is 10.1. The highest BCUT2D eigenvalue weighted by Gasteiger charge is 2.06. The number of rotatable bonds is 11. The summed E-state index contributed by atoms with van der Waals surface area (Å²) in [5.41, 5.74) is 0.645. The van der Waals surface area contributed by atoms with Crippen molar-refractivity contribution in [1.29, 1.82) is 0 Å². The summed E-state index contributed by atoms with van der Waals surface area (Å²) in [4.78, 5) is 11.3. The van der Waals surface area contributed by atoms with Crippen molar-refractivity contribution in [2.75, 3.05) is 46.8 Å². The van der Waals surface area contributed by atoms with Gasteiger partial charge in [-0.2, -0.15) is 0 Å². The number of ether oxygens (including phenoxy) is 4. The SMILES string of the molecule is COCCOCCOCCOc1ccc(C(C)=O)c(Br)c1. The average molecular weight is 361 g/mol. The third-order valence-corrected chi connectivity index (χ3v) is 3.28. The first kappa shape index (κ1) is 18.1. The Hall–Kier alpha value is -0.950. The highest BCUT2D eigenvalue weighted by atomic mass is 79.9. The van der Waals surface area contributed by atoms with E-state index in [1.54, 1.807) is 25.3 Å². The molecule has 0 bridgehead atoms. The number of hydrogen-bond acceptors (Lipinski definition) is 5. The number of hydrogen-bond donors (Lipinski definition) is 0. The Labute approximate surface area is 133 Å². The highest BCUT2D eigenvalue weighted by Crippen LogP contribution is 2.23. The molecule has 1 aromatic rings. The Morgan fingerprint density at radius 2 is 1.67 bits per heavy atom. The van der Waals surface area contributed by atoms with Crippen molar-refractivity contribution < 1.29 is 23.7 Å². The van der Waals surface area contributed by atoms with Gasteiger partial charge in [-0.25, -0.2) is 0 Å². The summed E-state index contributed by atoms with van der Waals surface area (Å²) >= 11 is 3.35. The van der Waals surface area contributed by atoms with Crippen molar-refractivity contribution >= 4 is 21.7 Å². The molecule has 0 fully saturated rings. The van der Waals surface area contributed by atoms with Gasteiger partial charge in [0.2, 0.25) is 0 Å². The lowest BCUT2D eigenvalue weighted by molar-refractivity contribution is 0.0179. The number of methoxy groups -OCH3 is 1. The predicted molar refractivity (Wildman–Crippen MR) is 83.2 cm³/mol. The van der Waals surface area contributed by atoms with Crippen LogP contribution < -0.4 is 4.74 Å². The molecular formula is C15H21BrO5. The summed E-state index contributed by atoms with van der Waals surface area (Å²) in [6.07, 6.45) is 0. The second-order valence-corrected chi connectivity index (χ2v) is 5.12. The van der Waals surface area contributed by atoms with Crippen LogP contribution in [0.15, 0.2) is 22.7 Å². The monoisotopic (exact) mass is 360 g/mol. The van der Waals surface area contributed by atoms with Gasteiger partial charge in [-0.05, 0) is 41.1 Å². The van der Waals surface area contributed by atoms with Gasteiger partial charge in [0.25, 0.3) is 0 Å². The molecule has 21 heavy (non-hydrogen) atoms. The molecule has 0 saturated heterocycles. The topological polar surface area (TPSA) is 54.0 Å². The molecule has 0 aliphatic carbocycles. The van der Waals surface area contributed by atoms with Gasteiger partial charge in [0.15, 0.2) is 5.78 Å². The third kappa shape index (κ3) is 7.57. The zero-order chi connectivity index (χ0) is 15.5. The quantitative estimate of drug-likeness (QED) is 0.448. The van der Waals surface area contributed by atoms with Gasteiger partial charge in [-0.3, -0.25) is 4.79 Å². The van der Waals surface area contributed by atoms with E-state index in [0.29, 0.717) is 51.0 Å². The van der Waals surface area contributed by atoms with Gasteiger partial charge >= 0.3 is 0 Å². The van der Waals surface area contributed by atoms with E-state index in [1.165, 1.54) is 6.92 Å². The minimum atomic E-state index is 0.0187. The van der Waals surface area contributed by atoms with Crippen molar-refractivity contribution in [2.45, 2.75) is 6.92 Å². The Morgan fingerprint density at radius 3 is 2.24 bits per heavy atom. The Balaban J connectivity index is 2.13. The molecule has 118 valence electrons. The van der Waals surface area contributed by atoms with E-state index < -0.39 is 0 Å². The fourth-order valence-corrected chi connectivity index (χ4v) is 2.19. The molecule has 0 aliphatic rings. The molecule has 0 amide bonds. The molecule has 0 radical (unpaired) electrons. The molecule has 0 unspecified atom stereocenters. The Morgan fingerprint density at radius 1 is 1.05 bits per heavy atom. The maximum atomic E-state index is 11.3. The molecule has 6 heteroatoms. The van der Waals surface area contributed by atoms with Crippen molar-refractivity contribution in [3.05, 3.63) is 28.2 Å². The normalized spacial score (nSPS) is 10.6. The zero-order valence-electron chi connectivity index (χ0n) is 12.4. The third-order valence-electron chi connectivity index (χ3n) is 2.62. The largest absolute Gasteiger partial charge is 0.491 e. The van der Waals surface area contributed by atoms with E-state index in [-0.39, 0.29) is 5.78 Å². The van der Waals surface area contributed by atoms with Gasteiger partial charge < -0.3 is 18.9 Å². The maximum absolute atomic E-state index is 11.3. The van der Waals surface area contributed by atoms with Crippen LogP contribution in [0.25, 0.3) is 0 Å². The Bertz CT molecular complexity index is 436. The first-order valence-electron chi connectivity index (χ1n) is 6.73. The van der Waals surface area contributed by atoms with Crippen molar-refractivity contribution in [2.24, 2.45) is 0 Å². The smallest absolute Gasteiger partial charge is 0.160 e. The van der Waals surface area contributed by atoms with Crippen molar-refractivity contribution in [3.63, 3.8) is 0 Å². The van der Waals surface area contributed by atoms with E-state index in [4.69, 9.17) is 18.9 Å². The van der Waals surface area contributed by atoms with Gasteiger partial charge in [-0.15, -0.1) is 0 Å². The first-order valence-corrected chi connectivity index (χ1v) is 7.52. The van der Waals surface area contributed by atoms with Gasteiger partial charge in [-0.1, -0.05) is 0 Å². The standard InChI is InChI=1S/C15H21BrO5/c1-12(17)14-4-3-13(11-15(14)16)21-10-9-20-8-7-19-6-5-18-2/h3-4,11H,5-10H2,1-2H3. The number of halogens is 1. The van der Waals surface area contributed by atoms with Crippen LogP contribution in [0.4, 0.5) is 0 Å². The van der Waals surface area contributed by atoms with Crippen LogP contribution in [0.5, 0.6) is 5.75 Å². The van der Waals surface area contributed by atoms with E-state index in [0.717, 1.165) is 4.47 Å². The van der Waals surface area contributed by atoms with E-state index in [2.05, 4.69) is 15.9 Å². The van der Waals surface area contributed by atoms with Gasteiger partial charge in [0.05, 0.1) is 33.0 Å². The van der Waals surface area contributed by atoms with Crippen LogP contribution in [0, 0.1) is 0 Å². The van der Waals surface area contributed by atoms with E-state index >= 15 is 0 Å². The number of carbonyl (C=O) groups is 1. The second-order valence-electron chi connectivity index (χ2n) is 4.26. The summed E-state index contributed by atoms with van der Waals surface area (Å²) in [5, 5.41) is 0. The van der Waals surface area contributed by atoms with Crippen LogP contribution in [0.1, 0.15) is 17.3 Å². The lowest BCUT2D eigenvalue weighted by Crippen LogP contribution is -2.12. The van der Waals surface area contributed by atoms with Gasteiger partial charge in [0.1, 0.15) is 12.4 Å². The molecule has 0 atom stereocenters. The number of carbonyl (C=O) groups excluding carboxylic acids is 1. The molecule has 0 spiro atoms. The lowest BCUT2D eigenvalue weighted by atomic mass is 10.1. The minimum absolute atomic E-state index is 0.0187. The zero-order valence-corrected chi connectivity index (χ0v) is 14.0. The summed E-state index contributed by atoms with van der Waals surface area (Å²) in [7, 11) is 1.64. The second kappa shape index (κ2) is 10.7. The summed E-state index contributed by atoms with van der Waals surface area (Å²) in [5.74, 6) is 0.719. The molecule has 0 saturated carbocycles. The van der Waals surface area contributed by atoms with Crippen LogP contribution in [0.3, 0.4) is 0 Å². The van der Waals surface area contributed by atoms with Crippen LogP contribution in [-0.2, 0) is 14.2 Å². The van der Waals surface area contributed by atoms with Crippen LogP contribution in [-0.4, -0.2) is 52.5 Å². The number of ketones is 1. The molecule has 1 aromatic carbocycles. The molecule has 0 aliphatic heterocycles. The predicted octanol–water partition coefficient (Wildman–Crippen LogP) is 2.71. The van der Waals surface area contributed by atoms with Crippen molar-refractivity contribution in [1.82, 2.24) is 0 Å². The molecule has 0 heterocycles. The Kier molecular flexibility index (Phi) is 9.25. The molecule has 5 nitrogen and oxygen atoms in total. The minimum Gasteiger partial charge on any atom is -0.491 e. The van der Waals surface area contributed by atoms with Crippen molar-refractivity contribution in [3.8, 4) is 5.75 Å². The van der Waals surface area contributed by atoms with Crippen LogP contribution in [0.2, 0.25) is 0 Å². The summed E-state index contributed by atoms with van der Waals surface area (Å²) < 4.78 is 21.8. The molecule has 0 aromatic heterocycles. The van der Waals surface area contributed by atoms with E-state index in [1.807, 2.05) is 0 Å². The number of benzene rings is 1. The summed E-state index contributed by atoms with van der Waals surface area (Å²) in [6.45, 7) is 4.70. The fraction of sp³-hybridized carbons (Fsp3) is 0.533. The highest BCUT2D eigenvalue weighted by molar-refractivity contribution is 9.10. The number of Topliss-reactive ketones (excluding diaryl/α,β-unsaturated/α-hetero) is 1. The van der Waals surface area contributed by atoms with Gasteiger partial charge in [0, 0.05) is 17.1 Å². The fourth-order valence-electron chi connectivity index (χ4n) is 1.55. The maximum Gasteiger partial charge on any atom is 0.160 e. The average Bonchev–Trinajstić information content (AvgIpc) is 2.45. The molecular weight excluding hydrogens is 340 g/mol. The molecule has 0 N–H and O–H groups in total. The summed E-state index contributed by atoms with van der Waals surface area (Å²) in [6, 6.07) is 5.30. The molecule has 1 rings (SSSR count). The van der Waals surface area contributed by atoms with Crippen LogP contribution >= 0.6 is 15.9 Å². The lowest BCUT2D eigenvalue weighted by Gasteiger charge is -2.09. The van der Waals surface area contributed by atoms with E-state index in [9.17, 15) is 4.79 Å².